The van der Waals surface area contributed by atoms with Gasteiger partial charge in [0.15, 0.2) is 10.7 Å². The molecule has 6 heteroatoms. The van der Waals surface area contributed by atoms with Gasteiger partial charge in [0.05, 0.1) is 17.4 Å². The highest BCUT2D eigenvalue weighted by Gasteiger charge is 2.09. The molecule has 2 aromatic heterocycles. The molecular weight excluding hydrogens is 322 g/mol. The van der Waals surface area contributed by atoms with Gasteiger partial charge in [0.1, 0.15) is 0 Å². The average Bonchev–Trinajstić information content (AvgIpc) is 3.21. The van der Waals surface area contributed by atoms with Gasteiger partial charge in [-0.1, -0.05) is 54.2 Å². The van der Waals surface area contributed by atoms with E-state index in [4.69, 9.17) is 4.42 Å². The van der Waals surface area contributed by atoms with Crippen LogP contribution in [0.1, 0.15) is 0 Å². The van der Waals surface area contributed by atoms with Crippen LogP contribution in [0.15, 0.2) is 75.2 Å². The Hall–Kier alpha value is -2.73. The Labute approximate surface area is 142 Å². The summed E-state index contributed by atoms with van der Waals surface area (Å²) >= 11 is 1.58. The molecule has 0 saturated heterocycles. The van der Waals surface area contributed by atoms with Crippen molar-refractivity contribution < 1.29 is 4.42 Å². The first kappa shape index (κ1) is 14.8. The predicted molar refractivity (Wildman–Crippen MR) is 95.2 cm³/mol. The predicted octanol–water partition coefficient (Wildman–Crippen LogP) is 3.78. The summed E-state index contributed by atoms with van der Waals surface area (Å²) in [5.74, 6) is 0.409. The van der Waals surface area contributed by atoms with Crippen LogP contribution in [0, 0.1) is 0 Å². The summed E-state index contributed by atoms with van der Waals surface area (Å²) in [7, 11) is 0. The number of fused-ring (bicyclic) bond motifs is 1. The van der Waals surface area contributed by atoms with E-state index in [1.165, 1.54) is 0 Å². The van der Waals surface area contributed by atoms with Gasteiger partial charge >= 0.3 is 5.76 Å². The summed E-state index contributed by atoms with van der Waals surface area (Å²) in [4.78, 5) is 19.6. The normalized spacial score (nSPS) is 11.2. The second-order valence-electron chi connectivity index (χ2n) is 5.30. The van der Waals surface area contributed by atoms with Crippen molar-refractivity contribution in [1.29, 1.82) is 0 Å². The minimum atomic E-state index is -0.318. The molecule has 0 aliphatic rings. The van der Waals surface area contributed by atoms with Crippen LogP contribution >= 0.6 is 11.8 Å². The third-order valence-electron chi connectivity index (χ3n) is 3.76. The van der Waals surface area contributed by atoms with Crippen LogP contribution in [-0.2, 0) is 6.54 Å². The Balaban J connectivity index is 1.45. The summed E-state index contributed by atoms with van der Waals surface area (Å²) < 4.78 is 6.89. The van der Waals surface area contributed by atoms with Crippen molar-refractivity contribution in [2.24, 2.45) is 0 Å². The van der Waals surface area contributed by atoms with Crippen molar-refractivity contribution in [3.05, 3.63) is 71.3 Å². The number of aromatic amines is 1. The second kappa shape index (κ2) is 6.41. The Bertz CT molecular complexity index is 1020. The lowest BCUT2D eigenvalue weighted by atomic mass is 10.2. The van der Waals surface area contributed by atoms with Crippen LogP contribution in [0.4, 0.5) is 0 Å². The van der Waals surface area contributed by atoms with Gasteiger partial charge in [-0.25, -0.2) is 9.78 Å². The number of nitrogens with zero attached hydrogens (tertiary/aromatic N) is 2. The number of H-pyrrole nitrogens is 1. The average molecular weight is 337 g/mol. The zero-order valence-electron chi connectivity index (χ0n) is 12.8. The Morgan fingerprint density at radius 1 is 1.08 bits per heavy atom. The molecule has 24 heavy (non-hydrogen) atoms. The molecule has 0 bridgehead atoms. The molecule has 120 valence electrons. The molecule has 0 radical (unpaired) electrons. The molecule has 0 spiro atoms. The number of benzene rings is 2. The number of oxazole rings is 1. The van der Waals surface area contributed by atoms with E-state index in [2.05, 4.69) is 9.97 Å². The van der Waals surface area contributed by atoms with Gasteiger partial charge in [0.2, 0.25) is 0 Å². The third kappa shape index (κ3) is 2.88. The lowest BCUT2D eigenvalue weighted by molar-refractivity contribution is 0.514. The molecule has 0 saturated carbocycles. The molecule has 4 rings (SSSR count). The van der Waals surface area contributed by atoms with Gasteiger partial charge in [-0.15, -0.1) is 0 Å². The van der Waals surface area contributed by atoms with Crippen LogP contribution in [0.3, 0.4) is 0 Å². The summed E-state index contributed by atoms with van der Waals surface area (Å²) in [5, 5.41) is 0.842. The minimum Gasteiger partial charge on any atom is -0.408 e. The molecule has 5 nitrogen and oxygen atoms in total. The number of aryl methyl sites for hydroxylation is 1. The molecule has 0 aliphatic heterocycles. The van der Waals surface area contributed by atoms with Gasteiger partial charge in [-0.05, 0) is 17.7 Å². The van der Waals surface area contributed by atoms with E-state index in [1.54, 1.807) is 22.4 Å². The van der Waals surface area contributed by atoms with E-state index < -0.39 is 0 Å². The van der Waals surface area contributed by atoms with Gasteiger partial charge in [0.25, 0.3) is 0 Å². The van der Waals surface area contributed by atoms with Crippen LogP contribution in [0.5, 0.6) is 0 Å². The molecule has 0 amide bonds. The largest absolute Gasteiger partial charge is 0.419 e. The number of para-hydroxylation sites is 2. The topological polar surface area (TPSA) is 63.8 Å². The maximum Gasteiger partial charge on any atom is 0.419 e. The minimum absolute atomic E-state index is 0.318. The maximum absolute atomic E-state index is 11.9. The lowest BCUT2D eigenvalue weighted by Crippen LogP contribution is -2.15. The zero-order chi connectivity index (χ0) is 16.4. The molecule has 0 unspecified atom stereocenters. The Morgan fingerprint density at radius 3 is 2.75 bits per heavy atom. The van der Waals surface area contributed by atoms with Crippen molar-refractivity contribution in [2.75, 3.05) is 5.75 Å². The number of hydrogen-bond acceptors (Lipinski definition) is 4. The van der Waals surface area contributed by atoms with Crippen LogP contribution in [0.25, 0.3) is 22.4 Å². The SMILES string of the molecule is O=c1oc2ccccc2n1CCSc1ncc(-c2ccccc2)[nH]1. The first-order valence-electron chi connectivity index (χ1n) is 7.63. The molecule has 4 aromatic rings. The molecule has 0 aliphatic carbocycles. The van der Waals surface area contributed by atoms with E-state index >= 15 is 0 Å². The fourth-order valence-corrected chi connectivity index (χ4v) is 3.38. The van der Waals surface area contributed by atoms with Crippen molar-refractivity contribution in [3.8, 4) is 11.3 Å². The molecule has 2 heterocycles. The lowest BCUT2D eigenvalue weighted by Gasteiger charge is -2.01. The fourth-order valence-electron chi connectivity index (χ4n) is 2.60. The van der Waals surface area contributed by atoms with E-state index in [1.807, 2.05) is 54.7 Å². The van der Waals surface area contributed by atoms with Crippen LogP contribution in [0.2, 0.25) is 0 Å². The zero-order valence-corrected chi connectivity index (χ0v) is 13.6. The first-order chi connectivity index (χ1) is 11.8. The summed E-state index contributed by atoms with van der Waals surface area (Å²) in [6, 6.07) is 17.5. The number of hydrogen-bond donors (Lipinski definition) is 1. The van der Waals surface area contributed by atoms with Crippen LogP contribution in [-0.4, -0.2) is 20.3 Å². The summed E-state index contributed by atoms with van der Waals surface area (Å²) in [6.45, 7) is 0.571. The standard InChI is InChI=1S/C18H15N3O2S/c22-18-21(15-8-4-5-9-16(15)23-18)10-11-24-17-19-12-14(20-17)13-6-2-1-3-7-13/h1-9,12H,10-11H2,(H,19,20). The fraction of sp³-hybridized carbons (Fsp3) is 0.111. The van der Waals surface area contributed by atoms with Crippen molar-refractivity contribution >= 4 is 22.9 Å². The van der Waals surface area contributed by atoms with Gasteiger partial charge in [0, 0.05) is 12.3 Å². The van der Waals surface area contributed by atoms with E-state index in [0.717, 1.165) is 27.7 Å². The Kier molecular flexibility index (Phi) is 3.96. The first-order valence-corrected chi connectivity index (χ1v) is 8.61. The van der Waals surface area contributed by atoms with Crippen molar-refractivity contribution in [2.45, 2.75) is 11.7 Å². The monoisotopic (exact) mass is 337 g/mol. The maximum atomic E-state index is 11.9. The molecule has 1 N–H and O–H groups in total. The van der Waals surface area contributed by atoms with E-state index in [-0.39, 0.29) is 5.76 Å². The highest BCUT2D eigenvalue weighted by atomic mass is 32.2. The number of aromatic nitrogens is 3. The quantitative estimate of drug-likeness (QED) is 0.563. The Morgan fingerprint density at radius 2 is 1.88 bits per heavy atom. The summed E-state index contributed by atoms with van der Waals surface area (Å²) in [5.41, 5.74) is 3.54. The number of thioether (sulfide) groups is 1. The second-order valence-corrected chi connectivity index (χ2v) is 6.39. The molecule has 2 aromatic carbocycles. The summed E-state index contributed by atoms with van der Waals surface area (Å²) in [6.07, 6.45) is 1.83. The molecule has 0 atom stereocenters. The van der Waals surface area contributed by atoms with Gasteiger partial charge in [-0.3, -0.25) is 4.57 Å². The van der Waals surface area contributed by atoms with Crippen molar-refractivity contribution in [1.82, 2.24) is 14.5 Å². The van der Waals surface area contributed by atoms with Gasteiger partial charge in [-0.2, -0.15) is 0 Å². The van der Waals surface area contributed by atoms with Gasteiger partial charge < -0.3 is 9.40 Å². The molecule has 0 fully saturated rings. The third-order valence-corrected chi connectivity index (χ3v) is 4.63. The van der Waals surface area contributed by atoms with E-state index in [9.17, 15) is 4.79 Å². The number of rotatable bonds is 5. The van der Waals surface area contributed by atoms with E-state index in [0.29, 0.717) is 12.1 Å². The number of nitrogens with one attached hydrogen (secondary N) is 1. The van der Waals surface area contributed by atoms with Crippen LogP contribution < -0.4 is 5.76 Å². The smallest absolute Gasteiger partial charge is 0.408 e. The molecular formula is C18H15N3O2S. The number of imidazole rings is 1. The highest BCUT2D eigenvalue weighted by molar-refractivity contribution is 7.99. The van der Waals surface area contributed by atoms with Crippen molar-refractivity contribution in [3.63, 3.8) is 0 Å². The highest BCUT2D eigenvalue weighted by Crippen LogP contribution is 2.21.